The van der Waals surface area contributed by atoms with Crippen molar-refractivity contribution in [2.24, 2.45) is 0 Å². The molecule has 61 heavy (non-hydrogen) atoms. The van der Waals surface area contributed by atoms with Crippen LogP contribution in [0.2, 0.25) is 10.0 Å². The van der Waals surface area contributed by atoms with Crippen LogP contribution in [-0.2, 0) is 16.0 Å². The van der Waals surface area contributed by atoms with Gasteiger partial charge in [-0.2, -0.15) is 0 Å². The number of rotatable bonds is 14. The van der Waals surface area contributed by atoms with E-state index >= 15 is 0 Å². The molecule has 0 aromatic heterocycles. The summed E-state index contributed by atoms with van der Waals surface area (Å²) < 4.78 is 17.0. The van der Waals surface area contributed by atoms with E-state index < -0.39 is 30.1 Å². The van der Waals surface area contributed by atoms with Gasteiger partial charge in [-0.1, -0.05) is 96.0 Å². The first-order valence-electron chi connectivity index (χ1n) is 20.3. The van der Waals surface area contributed by atoms with Crippen LogP contribution in [0.5, 0.6) is 17.2 Å². The van der Waals surface area contributed by atoms with Crippen LogP contribution in [0, 0.1) is 0 Å². The van der Waals surface area contributed by atoms with Crippen LogP contribution in [0.25, 0.3) is 0 Å². The first kappa shape index (κ1) is 44.5. The van der Waals surface area contributed by atoms with Gasteiger partial charge in [-0.25, -0.2) is 9.59 Å². The number of nitrogens with zero attached hydrogens (tertiary/aromatic N) is 2. The molecule has 2 N–H and O–H groups in total. The fraction of sp³-hybridized carbons (Fsp3) is 0.292. The Morgan fingerprint density at radius 1 is 0.557 bits per heavy atom. The van der Waals surface area contributed by atoms with Crippen molar-refractivity contribution < 1.29 is 43.6 Å². The number of benzene rings is 5. The van der Waals surface area contributed by atoms with Crippen LogP contribution >= 0.6 is 23.2 Å². The second-order valence-electron chi connectivity index (χ2n) is 14.5. The summed E-state index contributed by atoms with van der Waals surface area (Å²) in [5, 5.41) is 20.5. The number of carbonyl (C=O) groups is 4. The highest BCUT2D eigenvalue weighted by atomic mass is 35.5. The fourth-order valence-electron chi connectivity index (χ4n) is 7.92. The number of aliphatic carboxylic acids is 2. The van der Waals surface area contributed by atoms with Crippen molar-refractivity contribution in [1.29, 1.82) is 0 Å². The summed E-state index contributed by atoms with van der Waals surface area (Å²) in [4.78, 5) is 53.6. The zero-order chi connectivity index (χ0) is 43.5. The molecular weight excluding hydrogens is 819 g/mol. The summed E-state index contributed by atoms with van der Waals surface area (Å²) in [6.45, 7) is 5.05. The number of likely N-dealkylation sites (tertiary alicyclic amines) is 2. The van der Waals surface area contributed by atoms with Gasteiger partial charge in [0.2, 0.25) is 0 Å². The van der Waals surface area contributed by atoms with Crippen molar-refractivity contribution in [2.75, 3.05) is 19.8 Å². The molecule has 0 spiro atoms. The Bertz CT molecular complexity index is 2300. The molecule has 2 aliphatic heterocycles. The molecule has 2 amide bonds. The van der Waals surface area contributed by atoms with E-state index in [1.54, 1.807) is 54.6 Å². The maximum absolute atomic E-state index is 13.5. The third-order valence-corrected chi connectivity index (χ3v) is 11.4. The molecule has 5 aromatic rings. The molecule has 318 valence electrons. The highest BCUT2D eigenvalue weighted by Crippen LogP contribution is 2.42. The molecule has 13 heteroatoms. The van der Waals surface area contributed by atoms with Crippen molar-refractivity contribution >= 4 is 47.0 Å². The van der Waals surface area contributed by atoms with E-state index in [1.807, 2.05) is 80.6 Å². The Morgan fingerprint density at radius 2 is 1.03 bits per heavy atom. The summed E-state index contributed by atoms with van der Waals surface area (Å²) in [5.74, 6) is -1.19. The van der Waals surface area contributed by atoms with Crippen molar-refractivity contribution in [3.63, 3.8) is 0 Å². The number of amides is 2. The van der Waals surface area contributed by atoms with Gasteiger partial charge >= 0.3 is 11.9 Å². The Labute approximate surface area is 365 Å². The molecule has 0 aliphatic carbocycles. The summed E-state index contributed by atoms with van der Waals surface area (Å²) in [5.41, 5.74) is 3.40. The minimum atomic E-state index is -1.03. The molecule has 2 aliphatic rings. The van der Waals surface area contributed by atoms with E-state index in [-0.39, 0.29) is 17.9 Å². The predicted molar refractivity (Wildman–Crippen MR) is 233 cm³/mol. The van der Waals surface area contributed by atoms with Crippen LogP contribution < -0.4 is 14.2 Å². The second kappa shape index (κ2) is 21.0. The van der Waals surface area contributed by atoms with Gasteiger partial charge in [-0.3, -0.25) is 9.59 Å². The molecule has 0 radical (unpaired) electrons. The Hall–Kier alpha value is -6.04. The van der Waals surface area contributed by atoms with E-state index in [0.717, 1.165) is 17.5 Å². The van der Waals surface area contributed by atoms with Crippen molar-refractivity contribution in [2.45, 2.75) is 70.1 Å². The number of ether oxygens (including phenoxy) is 3. The monoisotopic (exact) mass is 866 g/mol. The lowest BCUT2D eigenvalue weighted by Crippen LogP contribution is -2.41. The standard InChI is InChI=1S/C26H24ClNO4.C22H24ClNO5/c27-22-12-5-4-11-21(22)23-13-14-24(26(30)31)28(23)25(29)19-9-6-10-20(17-19)32-16-15-18-7-2-1-3-8-18;1-3-28-15-11-14(12-16(13-15)29-4-2)21(25)24-19(9-10-20(24)22(26)27)17-7-5-6-8-18(17)23/h1-12,17,23-24H,13-16H2,(H,30,31);5-8,11-13,19-20H,3-4,9-10H2,1-2H3,(H,26,27)/t23-,24+;19-,20+/m11/s1. The number of hydrogen-bond donors (Lipinski definition) is 2. The molecule has 2 fully saturated rings. The van der Waals surface area contributed by atoms with Gasteiger partial charge in [0.05, 0.1) is 31.9 Å². The molecule has 2 heterocycles. The van der Waals surface area contributed by atoms with Gasteiger partial charge in [-0.05, 0) is 98.7 Å². The van der Waals surface area contributed by atoms with Gasteiger partial charge in [0.15, 0.2) is 0 Å². The van der Waals surface area contributed by atoms with Crippen LogP contribution in [0.1, 0.15) is 89.0 Å². The summed E-state index contributed by atoms with van der Waals surface area (Å²) in [6.07, 6.45) is 2.56. The molecular formula is C48H48Cl2N2O9. The number of carboxylic acids is 2. The highest BCUT2D eigenvalue weighted by Gasteiger charge is 2.44. The lowest BCUT2D eigenvalue weighted by Gasteiger charge is -2.29. The van der Waals surface area contributed by atoms with Gasteiger partial charge in [0.1, 0.15) is 29.3 Å². The average molecular weight is 868 g/mol. The summed E-state index contributed by atoms with van der Waals surface area (Å²) >= 11 is 12.7. The smallest absolute Gasteiger partial charge is 0.326 e. The fourth-order valence-corrected chi connectivity index (χ4v) is 8.44. The van der Waals surface area contributed by atoms with E-state index in [2.05, 4.69) is 0 Å². The number of carboxylic acid groups (broad SMARTS) is 2. The molecule has 4 atom stereocenters. The maximum atomic E-state index is 13.5. The van der Waals surface area contributed by atoms with Gasteiger partial charge in [-0.15, -0.1) is 0 Å². The average Bonchev–Trinajstić information content (AvgIpc) is 3.91. The number of carbonyl (C=O) groups excluding carboxylic acids is 2. The minimum Gasteiger partial charge on any atom is -0.494 e. The maximum Gasteiger partial charge on any atom is 0.326 e. The third-order valence-electron chi connectivity index (χ3n) is 10.7. The molecule has 0 unspecified atom stereocenters. The topological polar surface area (TPSA) is 143 Å². The summed E-state index contributed by atoms with van der Waals surface area (Å²) in [7, 11) is 0. The van der Waals surface area contributed by atoms with Crippen molar-refractivity contribution in [1.82, 2.24) is 9.80 Å². The Balaban J connectivity index is 0.000000205. The highest BCUT2D eigenvalue weighted by molar-refractivity contribution is 6.31. The van der Waals surface area contributed by atoms with Crippen molar-refractivity contribution in [3.8, 4) is 17.2 Å². The molecule has 0 bridgehead atoms. The second-order valence-corrected chi connectivity index (χ2v) is 15.3. The number of hydrogen-bond acceptors (Lipinski definition) is 7. The molecule has 2 saturated heterocycles. The predicted octanol–water partition coefficient (Wildman–Crippen LogP) is 9.96. The third kappa shape index (κ3) is 10.8. The lowest BCUT2D eigenvalue weighted by atomic mass is 10.0. The van der Waals surface area contributed by atoms with Gasteiger partial charge in [0.25, 0.3) is 11.8 Å². The zero-order valence-electron chi connectivity index (χ0n) is 33.9. The van der Waals surface area contributed by atoms with E-state index in [0.29, 0.717) is 83.9 Å². The Kier molecular flexibility index (Phi) is 15.3. The largest absolute Gasteiger partial charge is 0.494 e. The van der Waals surface area contributed by atoms with Crippen LogP contribution in [0.15, 0.2) is 121 Å². The molecule has 11 nitrogen and oxygen atoms in total. The molecule has 7 rings (SSSR count). The minimum absolute atomic E-state index is 0.324. The van der Waals surface area contributed by atoms with Gasteiger partial charge < -0.3 is 34.2 Å². The van der Waals surface area contributed by atoms with E-state index in [1.165, 1.54) is 15.4 Å². The van der Waals surface area contributed by atoms with E-state index in [9.17, 15) is 29.4 Å². The lowest BCUT2D eigenvalue weighted by molar-refractivity contribution is -0.142. The first-order chi connectivity index (χ1) is 29.5. The van der Waals surface area contributed by atoms with Crippen LogP contribution in [0.4, 0.5) is 0 Å². The van der Waals surface area contributed by atoms with Crippen LogP contribution in [0.3, 0.4) is 0 Å². The quantitative estimate of drug-likeness (QED) is 0.112. The normalized spacial score (nSPS) is 18.2. The molecule has 0 saturated carbocycles. The van der Waals surface area contributed by atoms with Gasteiger partial charge in [0, 0.05) is 33.7 Å². The SMILES string of the molecule is CCOc1cc(OCC)cc(C(=O)N2[C@@H](c3ccccc3Cl)CC[C@H]2C(=O)O)c1.O=C(O)[C@@H]1CC[C@H](c2ccccc2Cl)N1C(=O)c1cccc(OCCc2ccccc2)c1. The Morgan fingerprint density at radius 3 is 1.52 bits per heavy atom. The zero-order valence-corrected chi connectivity index (χ0v) is 35.4. The summed E-state index contributed by atoms with van der Waals surface area (Å²) in [6, 6.07) is 33.8. The van der Waals surface area contributed by atoms with Crippen LogP contribution in [-0.4, -0.2) is 75.7 Å². The first-order valence-corrected chi connectivity index (χ1v) is 21.0. The molecule has 5 aromatic carbocycles. The van der Waals surface area contributed by atoms with Crippen molar-refractivity contribution in [3.05, 3.63) is 159 Å². The number of halogens is 2. The van der Waals surface area contributed by atoms with E-state index in [4.69, 9.17) is 37.4 Å².